The van der Waals surface area contributed by atoms with Crippen molar-refractivity contribution in [1.82, 2.24) is 5.32 Å². The Balaban J connectivity index is 2.68. The van der Waals surface area contributed by atoms with Gasteiger partial charge in [0.25, 0.3) is 0 Å². The standard InChI is InChI=1S/C14H22N4O2/c1-8(2)7-17-14(20)9(3)18-12-5-4-10(13(16)19)6-11(12)15/h4-6,8-9,18H,7,15H2,1-3H3,(H2,16,19)(H,17,20). The largest absolute Gasteiger partial charge is 0.397 e. The number of amides is 2. The Kier molecular flexibility index (Phi) is 5.37. The van der Waals surface area contributed by atoms with E-state index >= 15 is 0 Å². The molecule has 6 nitrogen and oxygen atoms in total. The molecule has 0 aliphatic heterocycles. The molecule has 0 aromatic heterocycles. The zero-order chi connectivity index (χ0) is 15.3. The molecule has 0 saturated heterocycles. The fourth-order valence-electron chi connectivity index (χ4n) is 1.60. The third-order valence-electron chi connectivity index (χ3n) is 2.79. The number of benzene rings is 1. The van der Waals surface area contributed by atoms with Crippen LogP contribution >= 0.6 is 0 Å². The molecule has 0 aliphatic rings. The first kappa shape index (κ1) is 15.8. The van der Waals surface area contributed by atoms with Gasteiger partial charge >= 0.3 is 0 Å². The zero-order valence-electron chi connectivity index (χ0n) is 12.1. The number of primary amides is 1. The van der Waals surface area contributed by atoms with Crippen LogP contribution in [0.4, 0.5) is 11.4 Å². The summed E-state index contributed by atoms with van der Waals surface area (Å²) in [5.41, 5.74) is 12.3. The lowest BCUT2D eigenvalue weighted by Gasteiger charge is -2.17. The minimum atomic E-state index is -0.536. The molecule has 6 N–H and O–H groups in total. The molecule has 0 saturated carbocycles. The van der Waals surface area contributed by atoms with E-state index < -0.39 is 11.9 Å². The van der Waals surface area contributed by atoms with E-state index in [9.17, 15) is 9.59 Å². The second-order valence-electron chi connectivity index (χ2n) is 5.17. The van der Waals surface area contributed by atoms with Crippen molar-refractivity contribution in [2.75, 3.05) is 17.6 Å². The first-order valence-electron chi connectivity index (χ1n) is 6.54. The maximum atomic E-state index is 11.8. The summed E-state index contributed by atoms with van der Waals surface area (Å²) in [7, 11) is 0. The molecule has 0 fully saturated rings. The molecule has 0 radical (unpaired) electrons. The SMILES string of the molecule is CC(C)CNC(=O)C(C)Nc1ccc(C(N)=O)cc1N. The molecule has 1 atom stereocenters. The molecule has 6 heteroatoms. The van der Waals surface area contributed by atoms with Crippen molar-refractivity contribution in [3.05, 3.63) is 23.8 Å². The Morgan fingerprint density at radius 3 is 2.40 bits per heavy atom. The van der Waals surface area contributed by atoms with E-state index in [2.05, 4.69) is 10.6 Å². The van der Waals surface area contributed by atoms with Gasteiger partial charge in [-0.3, -0.25) is 9.59 Å². The van der Waals surface area contributed by atoms with E-state index in [1.807, 2.05) is 13.8 Å². The van der Waals surface area contributed by atoms with Crippen LogP contribution in [0.15, 0.2) is 18.2 Å². The van der Waals surface area contributed by atoms with Crippen LogP contribution in [-0.2, 0) is 4.79 Å². The van der Waals surface area contributed by atoms with Crippen LogP contribution < -0.4 is 22.1 Å². The summed E-state index contributed by atoms with van der Waals surface area (Å²) in [6, 6.07) is 4.28. The van der Waals surface area contributed by atoms with Crippen LogP contribution in [0.2, 0.25) is 0 Å². The zero-order valence-corrected chi connectivity index (χ0v) is 12.1. The fraction of sp³-hybridized carbons (Fsp3) is 0.429. The van der Waals surface area contributed by atoms with Gasteiger partial charge in [-0.15, -0.1) is 0 Å². The van der Waals surface area contributed by atoms with E-state index in [4.69, 9.17) is 11.5 Å². The van der Waals surface area contributed by atoms with Crippen molar-refractivity contribution in [2.45, 2.75) is 26.8 Å². The third kappa shape index (κ3) is 4.46. The van der Waals surface area contributed by atoms with Crippen molar-refractivity contribution in [2.24, 2.45) is 11.7 Å². The summed E-state index contributed by atoms with van der Waals surface area (Å²) in [5.74, 6) is -0.242. The van der Waals surface area contributed by atoms with Gasteiger partial charge in [0.05, 0.1) is 11.4 Å². The van der Waals surface area contributed by atoms with Crippen LogP contribution in [-0.4, -0.2) is 24.4 Å². The summed E-state index contributed by atoms with van der Waals surface area (Å²) in [4.78, 5) is 22.9. The smallest absolute Gasteiger partial charge is 0.248 e. The van der Waals surface area contributed by atoms with Gasteiger partial charge in [0.1, 0.15) is 6.04 Å². The quantitative estimate of drug-likeness (QED) is 0.580. The second-order valence-corrected chi connectivity index (χ2v) is 5.17. The predicted octanol–water partition coefficient (Wildman–Crippen LogP) is 0.940. The molecule has 0 spiro atoms. The van der Waals surface area contributed by atoms with Gasteiger partial charge in [-0.2, -0.15) is 0 Å². The molecular weight excluding hydrogens is 256 g/mol. The number of nitrogens with two attached hydrogens (primary N) is 2. The van der Waals surface area contributed by atoms with Crippen molar-refractivity contribution < 1.29 is 9.59 Å². The Hall–Kier alpha value is -2.24. The number of carbonyl (C=O) groups excluding carboxylic acids is 2. The molecule has 1 unspecified atom stereocenters. The number of rotatable bonds is 6. The minimum absolute atomic E-state index is 0.0999. The van der Waals surface area contributed by atoms with Gasteiger partial charge in [-0.05, 0) is 31.0 Å². The third-order valence-corrected chi connectivity index (χ3v) is 2.79. The number of anilines is 2. The number of nitrogen functional groups attached to an aromatic ring is 1. The number of nitrogens with one attached hydrogen (secondary N) is 2. The Bertz CT molecular complexity index is 500. The molecule has 110 valence electrons. The van der Waals surface area contributed by atoms with Crippen molar-refractivity contribution >= 4 is 23.2 Å². The van der Waals surface area contributed by atoms with E-state index in [1.165, 1.54) is 6.07 Å². The number of carbonyl (C=O) groups is 2. The number of hydrogen-bond donors (Lipinski definition) is 4. The highest BCUT2D eigenvalue weighted by atomic mass is 16.2. The van der Waals surface area contributed by atoms with Gasteiger partial charge in [-0.25, -0.2) is 0 Å². The normalized spacial score (nSPS) is 12.0. The first-order chi connectivity index (χ1) is 9.31. The van der Waals surface area contributed by atoms with Crippen molar-refractivity contribution in [3.8, 4) is 0 Å². The van der Waals surface area contributed by atoms with E-state index in [0.717, 1.165) is 0 Å². The summed E-state index contributed by atoms with van der Waals surface area (Å²) < 4.78 is 0. The maximum Gasteiger partial charge on any atom is 0.248 e. The molecule has 0 aliphatic carbocycles. The Labute approximate surface area is 118 Å². The Morgan fingerprint density at radius 1 is 1.25 bits per heavy atom. The maximum absolute atomic E-state index is 11.8. The van der Waals surface area contributed by atoms with Gasteiger partial charge in [0.15, 0.2) is 0 Å². The summed E-state index contributed by atoms with van der Waals surface area (Å²) in [5, 5.41) is 5.85. The second kappa shape index (κ2) is 6.79. The molecule has 1 aromatic carbocycles. The van der Waals surface area contributed by atoms with E-state index in [1.54, 1.807) is 19.1 Å². The average molecular weight is 278 g/mol. The molecule has 0 bridgehead atoms. The van der Waals surface area contributed by atoms with Gasteiger partial charge in [0.2, 0.25) is 11.8 Å². The molecule has 0 heterocycles. The Morgan fingerprint density at radius 2 is 1.90 bits per heavy atom. The van der Waals surface area contributed by atoms with Crippen LogP contribution in [0.25, 0.3) is 0 Å². The first-order valence-corrected chi connectivity index (χ1v) is 6.54. The highest BCUT2D eigenvalue weighted by molar-refractivity contribution is 5.95. The predicted molar refractivity (Wildman–Crippen MR) is 80.3 cm³/mol. The highest BCUT2D eigenvalue weighted by Gasteiger charge is 2.14. The lowest BCUT2D eigenvalue weighted by Crippen LogP contribution is -2.39. The lowest BCUT2D eigenvalue weighted by atomic mass is 10.1. The molecule has 2 amide bonds. The van der Waals surface area contributed by atoms with Crippen LogP contribution in [0, 0.1) is 5.92 Å². The molecule has 1 rings (SSSR count). The summed E-state index contributed by atoms with van der Waals surface area (Å²) in [6.07, 6.45) is 0. The fourth-order valence-corrected chi connectivity index (χ4v) is 1.60. The average Bonchev–Trinajstić information content (AvgIpc) is 2.37. The summed E-state index contributed by atoms with van der Waals surface area (Å²) >= 11 is 0. The van der Waals surface area contributed by atoms with Crippen molar-refractivity contribution in [1.29, 1.82) is 0 Å². The lowest BCUT2D eigenvalue weighted by molar-refractivity contribution is -0.121. The van der Waals surface area contributed by atoms with Crippen LogP contribution in [0.1, 0.15) is 31.1 Å². The number of hydrogen-bond acceptors (Lipinski definition) is 4. The van der Waals surface area contributed by atoms with E-state index in [-0.39, 0.29) is 5.91 Å². The van der Waals surface area contributed by atoms with Crippen LogP contribution in [0.3, 0.4) is 0 Å². The topological polar surface area (TPSA) is 110 Å². The molecule has 1 aromatic rings. The van der Waals surface area contributed by atoms with Gasteiger partial charge in [-0.1, -0.05) is 13.8 Å². The minimum Gasteiger partial charge on any atom is -0.397 e. The molecular formula is C14H22N4O2. The highest BCUT2D eigenvalue weighted by Crippen LogP contribution is 2.20. The summed E-state index contributed by atoms with van der Waals surface area (Å²) in [6.45, 7) is 6.43. The van der Waals surface area contributed by atoms with Gasteiger partial charge in [0, 0.05) is 12.1 Å². The van der Waals surface area contributed by atoms with Crippen molar-refractivity contribution in [3.63, 3.8) is 0 Å². The van der Waals surface area contributed by atoms with E-state index in [0.29, 0.717) is 29.4 Å². The molecule has 20 heavy (non-hydrogen) atoms. The monoisotopic (exact) mass is 278 g/mol. The van der Waals surface area contributed by atoms with Gasteiger partial charge < -0.3 is 22.1 Å². The van der Waals surface area contributed by atoms with Crippen LogP contribution in [0.5, 0.6) is 0 Å².